The second-order valence-corrected chi connectivity index (χ2v) is 4.08. The number of aromatic nitrogens is 2. The lowest BCUT2D eigenvalue weighted by atomic mass is 10.2. The fourth-order valence-electron chi connectivity index (χ4n) is 1.84. The number of carboxylic acids is 1. The quantitative estimate of drug-likeness (QED) is 0.784. The molecule has 6 nitrogen and oxygen atoms in total. The smallest absolute Gasteiger partial charge is 0.335 e. The van der Waals surface area contributed by atoms with Crippen LogP contribution in [-0.4, -0.2) is 40.3 Å². The summed E-state index contributed by atoms with van der Waals surface area (Å²) in [5, 5.41) is 8.91. The Bertz CT molecular complexity index is 678. The lowest BCUT2D eigenvalue weighted by Gasteiger charge is -2.05. The summed E-state index contributed by atoms with van der Waals surface area (Å²) in [6.45, 7) is -0.694. The van der Waals surface area contributed by atoms with Gasteiger partial charge in [-0.15, -0.1) is 0 Å². The molecule has 0 spiro atoms. The highest BCUT2D eigenvalue weighted by molar-refractivity contribution is 5.92. The first kappa shape index (κ1) is 14.2. The fourth-order valence-corrected chi connectivity index (χ4v) is 1.84. The second-order valence-electron chi connectivity index (χ2n) is 4.08. The van der Waals surface area contributed by atoms with Gasteiger partial charge in [0.15, 0.2) is 0 Å². The van der Waals surface area contributed by atoms with Crippen molar-refractivity contribution in [2.24, 2.45) is 0 Å². The van der Waals surface area contributed by atoms with E-state index in [1.807, 2.05) is 0 Å². The van der Waals surface area contributed by atoms with Crippen LogP contribution in [0.15, 0.2) is 23.0 Å². The second kappa shape index (κ2) is 5.83. The number of ether oxygens (including phenoxy) is 1. The Morgan fingerprint density at radius 1 is 1.45 bits per heavy atom. The molecule has 0 aliphatic heterocycles. The number of aromatic amines is 1. The molecule has 0 aliphatic rings. The zero-order valence-corrected chi connectivity index (χ0v) is 10.3. The summed E-state index contributed by atoms with van der Waals surface area (Å²) in [5.41, 5.74) is 0.478. The maximum absolute atomic E-state index is 11.9. The highest BCUT2D eigenvalue weighted by atomic mass is 19.3. The molecule has 0 bridgehead atoms. The number of hydrogen-bond donors (Lipinski definition) is 2. The van der Waals surface area contributed by atoms with Gasteiger partial charge in [0.25, 0.3) is 6.43 Å². The van der Waals surface area contributed by atoms with Crippen LogP contribution in [0.25, 0.3) is 11.0 Å². The van der Waals surface area contributed by atoms with Crippen LogP contribution in [0.5, 0.6) is 0 Å². The van der Waals surface area contributed by atoms with E-state index in [9.17, 15) is 18.4 Å². The molecule has 1 aromatic heterocycles. The van der Waals surface area contributed by atoms with E-state index in [-0.39, 0.29) is 18.7 Å². The molecule has 2 N–H and O–H groups in total. The lowest BCUT2D eigenvalue weighted by molar-refractivity contribution is 0.0148. The van der Waals surface area contributed by atoms with Gasteiger partial charge in [-0.3, -0.25) is 4.57 Å². The molecule has 0 fully saturated rings. The summed E-state index contributed by atoms with van der Waals surface area (Å²) < 4.78 is 29.8. The van der Waals surface area contributed by atoms with Crippen molar-refractivity contribution in [2.75, 3.05) is 13.2 Å². The minimum Gasteiger partial charge on any atom is -0.478 e. The molecular formula is C12H12F2N2O4. The highest BCUT2D eigenvalue weighted by Crippen LogP contribution is 2.13. The predicted molar refractivity (Wildman–Crippen MR) is 66.3 cm³/mol. The largest absolute Gasteiger partial charge is 0.478 e. The average molecular weight is 286 g/mol. The maximum atomic E-state index is 11.9. The van der Waals surface area contributed by atoms with Crippen LogP contribution in [0.3, 0.4) is 0 Å². The third kappa shape index (κ3) is 3.02. The molecule has 0 aliphatic carbocycles. The van der Waals surface area contributed by atoms with Crippen LogP contribution in [0.1, 0.15) is 10.4 Å². The number of carbonyl (C=O) groups is 1. The number of alkyl halides is 2. The standard InChI is InChI=1S/C12H12F2N2O4/c13-10(14)6-20-4-3-16-9-5-7(11(17)18)1-2-8(9)15-12(16)19/h1-2,5,10H,3-4,6H2,(H,15,19)(H,17,18). The first-order valence-corrected chi connectivity index (χ1v) is 5.81. The van der Waals surface area contributed by atoms with E-state index in [4.69, 9.17) is 9.84 Å². The molecule has 0 radical (unpaired) electrons. The molecule has 0 saturated heterocycles. The van der Waals surface area contributed by atoms with E-state index in [0.29, 0.717) is 11.0 Å². The number of fused-ring (bicyclic) bond motifs is 1. The van der Waals surface area contributed by atoms with Crippen molar-refractivity contribution in [3.05, 3.63) is 34.2 Å². The number of rotatable bonds is 6. The maximum Gasteiger partial charge on any atom is 0.335 e. The Kier molecular flexibility index (Phi) is 4.14. The number of imidazole rings is 1. The van der Waals surface area contributed by atoms with E-state index in [1.54, 1.807) is 0 Å². The van der Waals surface area contributed by atoms with E-state index in [1.165, 1.54) is 22.8 Å². The van der Waals surface area contributed by atoms with Gasteiger partial charge in [0.05, 0.1) is 29.7 Å². The first-order valence-electron chi connectivity index (χ1n) is 5.81. The number of carboxylic acid groups (broad SMARTS) is 1. The Balaban J connectivity index is 2.23. The summed E-state index contributed by atoms with van der Waals surface area (Å²) in [5.74, 6) is -1.11. The topological polar surface area (TPSA) is 84.3 Å². The summed E-state index contributed by atoms with van der Waals surface area (Å²) in [4.78, 5) is 25.2. The average Bonchev–Trinajstić information content (AvgIpc) is 2.69. The molecule has 8 heteroatoms. The van der Waals surface area contributed by atoms with Gasteiger partial charge in [-0.05, 0) is 18.2 Å². The normalized spacial score (nSPS) is 11.3. The number of halogens is 2. The van der Waals surface area contributed by atoms with Crippen LogP contribution >= 0.6 is 0 Å². The van der Waals surface area contributed by atoms with E-state index >= 15 is 0 Å². The van der Waals surface area contributed by atoms with Crippen molar-refractivity contribution in [2.45, 2.75) is 13.0 Å². The van der Waals surface area contributed by atoms with Gasteiger partial charge in [0.1, 0.15) is 6.61 Å². The van der Waals surface area contributed by atoms with Gasteiger partial charge in [0, 0.05) is 0 Å². The third-order valence-corrected chi connectivity index (χ3v) is 2.73. The van der Waals surface area contributed by atoms with Crippen LogP contribution in [0.2, 0.25) is 0 Å². The monoisotopic (exact) mass is 286 g/mol. The number of nitrogens with one attached hydrogen (secondary N) is 1. The summed E-state index contributed by atoms with van der Waals surface area (Å²) >= 11 is 0. The van der Waals surface area contributed by atoms with Crippen molar-refractivity contribution < 1.29 is 23.4 Å². The minimum absolute atomic E-state index is 0.0405. The number of hydrogen-bond acceptors (Lipinski definition) is 3. The molecule has 0 unspecified atom stereocenters. The molecule has 1 aromatic carbocycles. The number of nitrogens with zero attached hydrogens (tertiary/aromatic N) is 1. The number of aromatic carboxylic acids is 1. The highest BCUT2D eigenvalue weighted by Gasteiger charge is 2.10. The van der Waals surface area contributed by atoms with Gasteiger partial charge in [-0.1, -0.05) is 0 Å². The van der Waals surface area contributed by atoms with Crippen molar-refractivity contribution in [3.8, 4) is 0 Å². The Morgan fingerprint density at radius 2 is 2.20 bits per heavy atom. The predicted octanol–water partition coefficient (Wildman–Crippen LogP) is 1.31. The summed E-state index contributed by atoms with van der Waals surface area (Å²) in [6.07, 6.45) is -2.56. The van der Waals surface area contributed by atoms with Crippen LogP contribution in [-0.2, 0) is 11.3 Å². The van der Waals surface area contributed by atoms with E-state index in [2.05, 4.69) is 4.98 Å². The zero-order valence-electron chi connectivity index (χ0n) is 10.3. The van der Waals surface area contributed by atoms with Crippen LogP contribution in [0, 0.1) is 0 Å². The zero-order chi connectivity index (χ0) is 14.7. The first-order chi connectivity index (χ1) is 9.49. The number of H-pyrrole nitrogens is 1. The number of benzene rings is 1. The van der Waals surface area contributed by atoms with E-state index in [0.717, 1.165) is 0 Å². The van der Waals surface area contributed by atoms with Gasteiger partial charge in [0.2, 0.25) is 0 Å². The van der Waals surface area contributed by atoms with Crippen LogP contribution in [0.4, 0.5) is 8.78 Å². The Morgan fingerprint density at radius 3 is 2.85 bits per heavy atom. The Hall–Kier alpha value is -2.22. The molecule has 1 heterocycles. The van der Waals surface area contributed by atoms with E-state index < -0.39 is 24.7 Å². The van der Waals surface area contributed by atoms with Crippen molar-refractivity contribution >= 4 is 17.0 Å². The molecule has 0 amide bonds. The van der Waals surface area contributed by atoms with Crippen LogP contribution < -0.4 is 5.69 Å². The SMILES string of the molecule is O=C(O)c1ccc2[nH]c(=O)n(CCOCC(F)F)c2c1. The Labute approximate surface area is 111 Å². The summed E-state index contributed by atoms with van der Waals surface area (Å²) in [6, 6.07) is 4.21. The molecule has 2 aromatic rings. The summed E-state index contributed by atoms with van der Waals surface area (Å²) in [7, 11) is 0. The fraction of sp³-hybridized carbons (Fsp3) is 0.333. The van der Waals surface area contributed by atoms with Gasteiger partial charge >= 0.3 is 11.7 Å². The van der Waals surface area contributed by atoms with Gasteiger partial charge in [-0.2, -0.15) is 0 Å². The molecular weight excluding hydrogens is 274 g/mol. The molecule has 0 saturated carbocycles. The minimum atomic E-state index is -2.56. The lowest BCUT2D eigenvalue weighted by Crippen LogP contribution is -2.20. The molecule has 2 rings (SSSR count). The molecule has 20 heavy (non-hydrogen) atoms. The van der Waals surface area contributed by atoms with Crippen molar-refractivity contribution in [3.63, 3.8) is 0 Å². The molecule has 108 valence electrons. The third-order valence-electron chi connectivity index (χ3n) is 2.73. The van der Waals surface area contributed by atoms with Crippen molar-refractivity contribution in [1.82, 2.24) is 9.55 Å². The van der Waals surface area contributed by atoms with Gasteiger partial charge in [-0.25, -0.2) is 18.4 Å². The van der Waals surface area contributed by atoms with Gasteiger partial charge < -0.3 is 14.8 Å². The molecule has 0 atom stereocenters. The van der Waals surface area contributed by atoms with Crippen molar-refractivity contribution in [1.29, 1.82) is 0 Å².